The number of carbonyl (C=O) groups is 1. The first-order chi connectivity index (χ1) is 13.8. The zero-order chi connectivity index (χ0) is 21.0. The van der Waals surface area contributed by atoms with E-state index in [2.05, 4.69) is 54.9 Å². The molecule has 0 radical (unpaired) electrons. The summed E-state index contributed by atoms with van der Waals surface area (Å²) in [5.41, 5.74) is 6.49. The van der Waals surface area contributed by atoms with Crippen LogP contribution in [0.25, 0.3) is 5.82 Å². The Labute approximate surface area is 173 Å². The van der Waals surface area contributed by atoms with E-state index >= 15 is 0 Å². The number of amides is 1. The van der Waals surface area contributed by atoms with Crippen LogP contribution in [0.5, 0.6) is 0 Å². The zero-order valence-electron chi connectivity index (χ0n) is 18.0. The Morgan fingerprint density at radius 3 is 2.28 bits per heavy atom. The van der Waals surface area contributed by atoms with Crippen molar-refractivity contribution in [3.63, 3.8) is 0 Å². The van der Waals surface area contributed by atoms with Crippen LogP contribution in [0.4, 0.5) is 11.4 Å². The van der Waals surface area contributed by atoms with Crippen molar-refractivity contribution >= 4 is 17.3 Å². The number of aryl methyl sites for hydroxylation is 4. The third-order valence-corrected chi connectivity index (χ3v) is 5.01. The summed E-state index contributed by atoms with van der Waals surface area (Å²) in [4.78, 5) is 19.1. The summed E-state index contributed by atoms with van der Waals surface area (Å²) in [6.45, 7) is 6.27. The van der Waals surface area contributed by atoms with Crippen LogP contribution >= 0.6 is 0 Å². The van der Waals surface area contributed by atoms with Crippen LogP contribution < -0.4 is 10.2 Å². The molecule has 0 fully saturated rings. The number of hydrogen-bond donors (Lipinski definition) is 1. The third kappa shape index (κ3) is 5.25. The average Bonchev–Trinajstić information content (AvgIpc) is 3.00. The van der Waals surface area contributed by atoms with Gasteiger partial charge in [-0.15, -0.1) is 0 Å². The van der Waals surface area contributed by atoms with Crippen molar-refractivity contribution in [2.24, 2.45) is 0 Å². The van der Waals surface area contributed by atoms with Gasteiger partial charge >= 0.3 is 0 Å². The molecule has 0 aliphatic heterocycles. The molecule has 5 heteroatoms. The predicted octanol–water partition coefficient (Wildman–Crippen LogP) is 4.82. The van der Waals surface area contributed by atoms with E-state index in [1.165, 1.54) is 17.0 Å². The molecule has 1 N–H and O–H groups in total. The minimum Gasteiger partial charge on any atom is -0.378 e. The van der Waals surface area contributed by atoms with Crippen LogP contribution in [0.3, 0.4) is 0 Å². The SMILES string of the molecule is Cc1cc(CCCC(=O)Nc2ccc(N(C)C)cc2)nc(-n2c(C)ccc2C)c1. The fourth-order valence-corrected chi connectivity index (χ4v) is 3.49. The minimum absolute atomic E-state index is 0.0348. The number of aromatic nitrogens is 2. The minimum atomic E-state index is 0.0348. The Hall–Kier alpha value is -3.08. The highest BCUT2D eigenvalue weighted by Crippen LogP contribution is 2.18. The van der Waals surface area contributed by atoms with Gasteiger partial charge in [-0.3, -0.25) is 4.79 Å². The average molecular weight is 391 g/mol. The summed E-state index contributed by atoms with van der Waals surface area (Å²) in [5.74, 6) is 0.984. The first kappa shape index (κ1) is 20.6. The van der Waals surface area contributed by atoms with Crippen LogP contribution in [-0.2, 0) is 11.2 Å². The monoisotopic (exact) mass is 390 g/mol. The van der Waals surface area contributed by atoms with Gasteiger partial charge in [0.1, 0.15) is 5.82 Å². The molecule has 0 aliphatic rings. The maximum atomic E-state index is 12.3. The molecular weight excluding hydrogens is 360 g/mol. The van der Waals surface area contributed by atoms with Crippen molar-refractivity contribution in [2.75, 3.05) is 24.3 Å². The van der Waals surface area contributed by atoms with Gasteiger partial charge in [-0.25, -0.2) is 4.98 Å². The lowest BCUT2D eigenvalue weighted by Gasteiger charge is -2.13. The van der Waals surface area contributed by atoms with Crippen molar-refractivity contribution in [3.05, 3.63) is 71.2 Å². The first-order valence-corrected chi connectivity index (χ1v) is 10.0. The zero-order valence-corrected chi connectivity index (χ0v) is 18.0. The quantitative estimate of drug-likeness (QED) is 0.629. The molecule has 29 heavy (non-hydrogen) atoms. The van der Waals surface area contributed by atoms with Gasteiger partial charge in [-0.2, -0.15) is 0 Å². The van der Waals surface area contributed by atoms with Crippen LogP contribution in [0.1, 0.15) is 35.5 Å². The van der Waals surface area contributed by atoms with Gasteiger partial charge in [0.05, 0.1) is 0 Å². The van der Waals surface area contributed by atoms with Crippen molar-refractivity contribution < 1.29 is 4.79 Å². The highest BCUT2D eigenvalue weighted by Gasteiger charge is 2.09. The van der Waals surface area contributed by atoms with E-state index in [1.54, 1.807) is 0 Å². The molecule has 1 amide bonds. The van der Waals surface area contributed by atoms with E-state index in [0.717, 1.165) is 35.7 Å². The number of anilines is 2. The van der Waals surface area contributed by atoms with Gasteiger partial charge in [0.15, 0.2) is 0 Å². The van der Waals surface area contributed by atoms with Crippen molar-refractivity contribution in [1.82, 2.24) is 9.55 Å². The lowest BCUT2D eigenvalue weighted by atomic mass is 10.1. The van der Waals surface area contributed by atoms with Gasteiger partial charge in [-0.05, 0) is 87.7 Å². The number of nitrogens with zero attached hydrogens (tertiary/aromatic N) is 3. The molecule has 3 aromatic rings. The summed E-state index contributed by atoms with van der Waals surface area (Å²) < 4.78 is 2.17. The Morgan fingerprint density at radius 1 is 1.00 bits per heavy atom. The van der Waals surface area contributed by atoms with E-state index in [1.807, 2.05) is 43.3 Å². The molecule has 1 aromatic carbocycles. The predicted molar refractivity (Wildman–Crippen MR) is 120 cm³/mol. The molecule has 2 aromatic heterocycles. The van der Waals surface area contributed by atoms with E-state index in [0.29, 0.717) is 6.42 Å². The van der Waals surface area contributed by atoms with Crippen LogP contribution in [0.2, 0.25) is 0 Å². The van der Waals surface area contributed by atoms with Crippen LogP contribution in [0, 0.1) is 20.8 Å². The van der Waals surface area contributed by atoms with E-state index in [4.69, 9.17) is 4.98 Å². The molecule has 0 saturated heterocycles. The van der Waals surface area contributed by atoms with E-state index in [-0.39, 0.29) is 5.91 Å². The first-order valence-electron chi connectivity index (χ1n) is 10.0. The molecule has 2 heterocycles. The number of pyridine rings is 1. The fourth-order valence-electron chi connectivity index (χ4n) is 3.49. The second kappa shape index (κ2) is 8.95. The number of nitrogens with one attached hydrogen (secondary N) is 1. The number of hydrogen-bond acceptors (Lipinski definition) is 3. The summed E-state index contributed by atoms with van der Waals surface area (Å²) in [5, 5.41) is 2.97. The van der Waals surface area contributed by atoms with Crippen molar-refractivity contribution in [1.29, 1.82) is 0 Å². The number of benzene rings is 1. The highest BCUT2D eigenvalue weighted by atomic mass is 16.1. The van der Waals surface area contributed by atoms with Crippen molar-refractivity contribution in [2.45, 2.75) is 40.0 Å². The molecule has 0 atom stereocenters. The molecule has 5 nitrogen and oxygen atoms in total. The molecule has 0 saturated carbocycles. The largest absolute Gasteiger partial charge is 0.378 e. The maximum Gasteiger partial charge on any atom is 0.224 e. The molecule has 0 unspecified atom stereocenters. The van der Waals surface area contributed by atoms with Gasteiger partial charge in [-0.1, -0.05) is 0 Å². The summed E-state index contributed by atoms with van der Waals surface area (Å²) in [6.07, 6.45) is 2.02. The summed E-state index contributed by atoms with van der Waals surface area (Å²) >= 11 is 0. The molecule has 0 aliphatic carbocycles. The lowest BCUT2D eigenvalue weighted by Crippen LogP contribution is -2.12. The lowest BCUT2D eigenvalue weighted by molar-refractivity contribution is -0.116. The topological polar surface area (TPSA) is 50.2 Å². The maximum absolute atomic E-state index is 12.3. The van der Waals surface area contributed by atoms with Gasteiger partial charge < -0.3 is 14.8 Å². The molecule has 0 spiro atoms. The normalized spacial score (nSPS) is 10.8. The summed E-state index contributed by atoms with van der Waals surface area (Å²) in [6, 6.07) is 16.3. The third-order valence-electron chi connectivity index (χ3n) is 5.01. The van der Waals surface area contributed by atoms with Crippen LogP contribution in [-0.4, -0.2) is 29.6 Å². The second-order valence-electron chi connectivity index (χ2n) is 7.79. The Kier molecular flexibility index (Phi) is 6.37. The Bertz CT molecular complexity index is 967. The number of rotatable bonds is 7. The smallest absolute Gasteiger partial charge is 0.224 e. The summed E-state index contributed by atoms with van der Waals surface area (Å²) in [7, 11) is 3.99. The van der Waals surface area contributed by atoms with Gasteiger partial charge in [0, 0.05) is 49.0 Å². The van der Waals surface area contributed by atoms with Gasteiger partial charge in [0.25, 0.3) is 0 Å². The fraction of sp³-hybridized carbons (Fsp3) is 0.333. The molecule has 3 rings (SSSR count). The number of carbonyl (C=O) groups excluding carboxylic acids is 1. The molecule has 152 valence electrons. The second-order valence-corrected chi connectivity index (χ2v) is 7.79. The van der Waals surface area contributed by atoms with E-state index < -0.39 is 0 Å². The Morgan fingerprint density at radius 2 is 1.66 bits per heavy atom. The highest BCUT2D eigenvalue weighted by molar-refractivity contribution is 5.90. The standard InChI is InChI=1S/C24H30N4O/c1-17-15-21(25-23(16-17)28-18(2)9-10-19(28)3)7-6-8-24(29)26-20-11-13-22(14-12-20)27(4)5/h9-16H,6-8H2,1-5H3,(H,26,29). The molecular formula is C24H30N4O. The van der Waals surface area contributed by atoms with Crippen LogP contribution in [0.15, 0.2) is 48.5 Å². The van der Waals surface area contributed by atoms with E-state index in [9.17, 15) is 4.79 Å². The Balaban J connectivity index is 1.58. The van der Waals surface area contributed by atoms with Crippen molar-refractivity contribution in [3.8, 4) is 5.82 Å². The van der Waals surface area contributed by atoms with Gasteiger partial charge in [0.2, 0.25) is 5.91 Å². The molecule has 0 bridgehead atoms.